The predicted molar refractivity (Wildman–Crippen MR) is 104 cm³/mol. The van der Waals surface area contributed by atoms with Crippen molar-refractivity contribution < 1.29 is 4.21 Å². The smallest absolute Gasteiger partial charge is 0.197 e. The molecule has 0 saturated carbocycles. The van der Waals surface area contributed by atoms with E-state index in [0.29, 0.717) is 10.9 Å². The third-order valence-corrected chi connectivity index (χ3v) is 5.99. The third-order valence-electron chi connectivity index (χ3n) is 4.83. The summed E-state index contributed by atoms with van der Waals surface area (Å²) in [5.41, 5.74) is 7.05. The minimum atomic E-state index is -1.27. The first-order valence-electron chi connectivity index (χ1n) is 8.46. The van der Waals surface area contributed by atoms with Gasteiger partial charge in [0.1, 0.15) is 0 Å². The second-order valence-electron chi connectivity index (χ2n) is 6.46. The molecule has 0 saturated heterocycles. The number of aromatic nitrogens is 4. The van der Waals surface area contributed by atoms with Crippen LogP contribution in [0.4, 0.5) is 0 Å². The molecule has 1 aromatic carbocycles. The molecule has 5 nitrogen and oxygen atoms in total. The fourth-order valence-corrected chi connectivity index (χ4v) is 4.07. The number of H-pyrrole nitrogens is 1. The molecule has 6 heteroatoms. The SMILES string of the molecule is Cc1cnc(CS(=O)c2nc3ccc(-n4cccc4)cc3[nH]2)c(C)c1C. The van der Waals surface area contributed by atoms with E-state index in [1.54, 1.807) is 0 Å². The zero-order valence-electron chi connectivity index (χ0n) is 15.0. The number of imidazole rings is 1. The molecule has 4 rings (SSSR count). The monoisotopic (exact) mass is 364 g/mol. The molecule has 0 aliphatic heterocycles. The van der Waals surface area contributed by atoms with E-state index in [9.17, 15) is 4.21 Å². The Labute approximate surface area is 154 Å². The van der Waals surface area contributed by atoms with Gasteiger partial charge in [0.15, 0.2) is 5.16 Å². The third kappa shape index (κ3) is 2.97. The summed E-state index contributed by atoms with van der Waals surface area (Å²) in [4.78, 5) is 12.2. The van der Waals surface area contributed by atoms with Crippen LogP contribution in [-0.2, 0) is 16.6 Å². The Bertz CT molecular complexity index is 1110. The highest BCUT2D eigenvalue weighted by atomic mass is 32.2. The van der Waals surface area contributed by atoms with E-state index < -0.39 is 10.8 Å². The highest BCUT2D eigenvalue weighted by Gasteiger charge is 2.14. The molecular formula is C20H20N4OS. The zero-order chi connectivity index (χ0) is 18.3. The second kappa shape index (κ2) is 6.53. The molecule has 0 amide bonds. The molecule has 3 aromatic heterocycles. The second-order valence-corrected chi connectivity index (χ2v) is 7.83. The maximum absolute atomic E-state index is 12.8. The van der Waals surface area contributed by atoms with Gasteiger partial charge in [-0.05, 0) is 67.8 Å². The van der Waals surface area contributed by atoms with Gasteiger partial charge in [-0.1, -0.05) is 0 Å². The number of rotatable bonds is 4. The van der Waals surface area contributed by atoms with Crippen LogP contribution >= 0.6 is 0 Å². The van der Waals surface area contributed by atoms with Crippen molar-refractivity contribution in [3.63, 3.8) is 0 Å². The molecular weight excluding hydrogens is 344 g/mol. The van der Waals surface area contributed by atoms with Crippen molar-refractivity contribution in [1.29, 1.82) is 0 Å². The highest BCUT2D eigenvalue weighted by molar-refractivity contribution is 7.84. The van der Waals surface area contributed by atoms with Gasteiger partial charge in [0.05, 0.1) is 33.3 Å². The number of pyridine rings is 1. The fourth-order valence-electron chi connectivity index (χ4n) is 2.97. The Morgan fingerprint density at radius 3 is 2.65 bits per heavy atom. The average molecular weight is 364 g/mol. The minimum Gasteiger partial charge on any atom is -0.331 e. The molecule has 1 atom stereocenters. The van der Waals surface area contributed by atoms with Crippen molar-refractivity contribution in [3.8, 4) is 5.69 Å². The average Bonchev–Trinajstić information content (AvgIpc) is 3.30. The lowest BCUT2D eigenvalue weighted by molar-refractivity contribution is 0.676. The summed E-state index contributed by atoms with van der Waals surface area (Å²) in [6, 6.07) is 9.93. The largest absolute Gasteiger partial charge is 0.331 e. The van der Waals surface area contributed by atoms with Crippen molar-refractivity contribution in [1.82, 2.24) is 19.5 Å². The number of fused-ring (bicyclic) bond motifs is 1. The lowest BCUT2D eigenvalue weighted by Gasteiger charge is -2.09. The van der Waals surface area contributed by atoms with Crippen LogP contribution in [0.3, 0.4) is 0 Å². The van der Waals surface area contributed by atoms with Gasteiger partial charge in [0.2, 0.25) is 0 Å². The molecule has 132 valence electrons. The minimum absolute atomic E-state index is 0.358. The van der Waals surface area contributed by atoms with Crippen molar-refractivity contribution in [2.75, 3.05) is 0 Å². The van der Waals surface area contributed by atoms with Crippen molar-refractivity contribution in [2.24, 2.45) is 0 Å². The number of aryl methyl sites for hydroxylation is 1. The molecule has 0 bridgehead atoms. The number of nitrogens with zero attached hydrogens (tertiary/aromatic N) is 3. The number of benzene rings is 1. The Morgan fingerprint density at radius 1 is 1.12 bits per heavy atom. The molecule has 3 heterocycles. The molecule has 0 aliphatic carbocycles. The van der Waals surface area contributed by atoms with Crippen molar-refractivity contribution >= 4 is 21.8 Å². The van der Waals surface area contributed by atoms with Crippen molar-refractivity contribution in [3.05, 3.63) is 71.3 Å². The summed E-state index contributed by atoms with van der Waals surface area (Å²) >= 11 is 0. The standard InChI is InChI=1S/C20H20N4OS/c1-13-11-21-19(15(3)14(13)2)12-26(25)20-22-17-7-6-16(10-18(17)23-20)24-8-4-5-9-24/h4-11H,12H2,1-3H3,(H,22,23). The first-order chi connectivity index (χ1) is 12.5. The van der Waals surface area contributed by atoms with Gasteiger partial charge < -0.3 is 9.55 Å². The van der Waals surface area contributed by atoms with Crippen LogP contribution in [0.2, 0.25) is 0 Å². The van der Waals surface area contributed by atoms with Crippen LogP contribution in [0.5, 0.6) is 0 Å². The van der Waals surface area contributed by atoms with Gasteiger partial charge in [0, 0.05) is 24.3 Å². The van der Waals surface area contributed by atoms with Gasteiger partial charge in [-0.25, -0.2) is 4.98 Å². The molecule has 1 unspecified atom stereocenters. The summed E-state index contributed by atoms with van der Waals surface area (Å²) in [7, 11) is -1.27. The van der Waals surface area contributed by atoms with Crippen LogP contribution in [0.1, 0.15) is 22.4 Å². The molecule has 0 radical (unpaired) electrons. The van der Waals surface area contributed by atoms with E-state index in [0.717, 1.165) is 33.5 Å². The Hall–Kier alpha value is -2.73. The normalized spacial score (nSPS) is 12.6. The lowest BCUT2D eigenvalue weighted by atomic mass is 10.1. The van der Waals surface area contributed by atoms with Crippen LogP contribution < -0.4 is 0 Å². The number of hydrogen-bond donors (Lipinski definition) is 1. The van der Waals surface area contributed by atoms with Crippen LogP contribution in [0.25, 0.3) is 16.7 Å². The van der Waals surface area contributed by atoms with E-state index in [1.807, 2.05) is 67.3 Å². The maximum atomic E-state index is 12.8. The fraction of sp³-hybridized carbons (Fsp3) is 0.200. The quantitative estimate of drug-likeness (QED) is 0.596. The van der Waals surface area contributed by atoms with E-state index in [-0.39, 0.29) is 0 Å². The van der Waals surface area contributed by atoms with Crippen LogP contribution in [0, 0.1) is 20.8 Å². The Balaban J connectivity index is 1.64. The van der Waals surface area contributed by atoms with E-state index >= 15 is 0 Å². The number of aromatic amines is 1. The summed E-state index contributed by atoms with van der Waals surface area (Å²) in [5.74, 6) is 0.358. The van der Waals surface area contributed by atoms with Gasteiger partial charge in [-0.15, -0.1) is 0 Å². The van der Waals surface area contributed by atoms with Crippen LogP contribution in [-0.4, -0.2) is 23.7 Å². The van der Waals surface area contributed by atoms with Gasteiger partial charge >= 0.3 is 0 Å². The first kappa shape index (κ1) is 16.7. The molecule has 4 aromatic rings. The summed E-state index contributed by atoms with van der Waals surface area (Å²) in [6.45, 7) is 6.14. The maximum Gasteiger partial charge on any atom is 0.197 e. The topological polar surface area (TPSA) is 63.6 Å². The number of hydrogen-bond acceptors (Lipinski definition) is 3. The van der Waals surface area contributed by atoms with Gasteiger partial charge in [-0.2, -0.15) is 0 Å². The molecule has 0 spiro atoms. The lowest BCUT2D eigenvalue weighted by Crippen LogP contribution is -2.04. The highest BCUT2D eigenvalue weighted by Crippen LogP contribution is 2.21. The predicted octanol–water partition coefficient (Wildman–Crippen LogP) is 3.98. The van der Waals surface area contributed by atoms with Gasteiger partial charge in [0.25, 0.3) is 0 Å². The summed E-state index contributed by atoms with van der Waals surface area (Å²) in [6.07, 6.45) is 5.83. The van der Waals surface area contributed by atoms with E-state index in [1.165, 1.54) is 5.56 Å². The molecule has 0 aliphatic rings. The molecule has 26 heavy (non-hydrogen) atoms. The summed E-state index contributed by atoms with van der Waals surface area (Å²) < 4.78 is 14.8. The zero-order valence-corrected chi connectivity index (χ0v) is 15.8. The van der Waals surface area contributed by atoms with E-state index in [4.69, 9.17) is 0 Å². The first-order valence-corrected chi connectivity index (χ1v) is 9.78. The summed E-state index contributed by atoms with van der Waals surface area (Å²) in [5, 5.41) is 0.490. The van der Waals surface area contributed by atoms with Gasteiger partial charge in [-0.3, -0.25) is 9.19 Å². The Morgan fingerprint density at radius 2 is 1.88 bits per heavy atom. The Kier molecular flexibility index (Phi) is 4.20. The molecule has 0 fully saturated rings. The molecule has 1 N–H and O–H groups in total. The van der Waals surface area contributed by atoms with E-state index in [2.05, 4.69) is 21.9 Å². The number of nitrogens with one attached hydrogen (secondary N) is 1. The van der Waals surface area contributed by atoms with Crippen LogP contribution in [0.15, 0.2) is 54.1 Å². The van der Waals surface area contributed by atoms with Crippen molar-refractivity contribution in [2.45, 2.75) is 31.7 Å².